The molecule has 0 unspecified atom stereocenters. The van der Waals surface area contributed by atoms with Gasteiger partial charge in [0.15, 0.2) is 12.6 Å². The predicted molar refractivity (Wildman–Crippen MR) is 81.7 cm³/mol. The van der Waals surface area contributed by atoms with Gasteiger partial charge in [-0.25, -0.2) is 14.4 Å². The molecule has 8 nitrogen and oxygen atoms in total. The van der Waals surface area contributed by atoms with Crippen molar-refractivity contribution in [1.82, 2.24) is 5.32 Å². The smallest absolute Gasteiger partial charge is 0.467 e. The lowest BCUT2D eigenvalue weighted by Crippen LogP contribution is -2.45. The molecule has 0 aliphatic rings. The number of carbonyl (C=O) groups excluding carboxylic acids is 3. The van der Waals surface area contributed by atoms with Crippen molar-refractivity contribution < 1.29 is 33.3 Å². The van der Waals surface area contributed by atoms with Crippen molar-refractivity contribution in [2.75, 3.05) is 20.3 Å². The largest absolute Gasteiger partial charge is 0.509 e. The van der Waals surface area contributed by atoms with E-state index in [4.69, 9.17) is 11.2 Å². The van der Waals surface area contributed by atoms with Crippen LogP contribution in [0.15, 0.2) is 30.3 Å². The molecule has 1 N–H and O–H groups in total. The highest BCUT2D eigenvalue weighted by molar-refractivity contribution is 5.81. The number of methoxy groups -OCH3 is 1. The van der Waals surface area contributed by atoms with Gasteiger partial charge in [0.05, 0.1) is 7.11 Å². The van der Waals surface area contributed by atoms with Gasteiger partial charge in [-0.1, -0.05) is 36.3 Å². The van der Waals surface area contributed by atoms with E-state index in [1.165, 1.54) is 0 Å². The number of terminal acetylenes is 1. The Labute approximate surface area is 139 Å². The van der Waals surface area contributed by atoms with Gasteiger partial charge in [-0.3, -0.25) is 0 Å². The highest BCUT2D eigenvalue weighted by Crippen LogP contribution is 2.01. The first-order valence-electron chi connectivity index (χ1n) is 6.85. The van der Waals surface area contributed by atoms with E-state index in [-0.39, 0.29) is 13.2 Å². The molecule has 0 aliphatic carbocycles. The van der Waals surface area contributed by atoms with Crippen LogP contribution in [0.1, 0.15) is 5.56 Å². The molecule has 8 heteroatoms. The lowest BCUT2D eigenvalue weighted by molar-refractivity contribution is -0.144. The normalized spacial score (nSPS) is 10.7. The molecule has 1 aromatic rings. The summed E-state index contributed by atoms with van der Waals surface area (Å²) >= 11 is 0. The van der Waals surface area contributed by atoms with Crippen LogP contribution >= 0.6 is 0 Å². The van der Waals surface area contributed by atoms with Gasteiger partial charge in [0, 0.05) is 0 Å². The topological polar surface area (TPSA) is 100 Å². The number of amides is 1. The molecule has 1 atom stereocenters. The van der Waals surface area contributed by atoms with Crippen molar-refractivity contribution in [3.63, 3.8) is 0 Å². The number of hydrogen-bond donors (Lipinski definition) is 1. The molecule has 128 valence electrons. The van der Waals surface area contributed by atoms with E-state index < -0.39 is 30.9 Å². The average Bonchev–Trinajstić information content (AvgIpc) is 2.61. The van der Waals surface area contributed by atoms with E-state index in [2.05, 4.69) is 25.4 Å². The Bertz CT molecular complexity index is 594. The van der Waals surface area contributed by atoms with Gasteiger partial charge < -0.3 is 24.3 Å². The lowest BCUT2D eigenvalue weighted by atomic mass is 10.2. The molecule has 0 saturated heterocycles. The Morgan fingerprint density at radius 1 is 1.17 bits per heavy atom. The molecular formula is C16H17NO7. The zero-order chi connectivity index (χ0) is 17.8. The molecular weight excluding hydrogens is 318 g/mol. The van der Waals surface area contributed by atoms with Crippen LogP contribution in [0.2, 0.25) is 0 Å². The SMILES string of the molecule is C#CCOC(=O)OC[C@H](NC(=O)OCc1ccccc1)C(=O)OC. The zero-order valence-electron chi connectivity index (χ0n) is 13.0. The second-order valence-corrected chi connectivity index (χ2v) is 4.34. The molecule has 0 spiro atoms. The number of carbonyl (C=O) groups is 3. The first-order valence-corrected chi connectivity index (χ1v) is 6.85. The number of rotatable bonds is 7. The van der Waals surface area contributed by atoms with Crippen LogP contribution in [0.25, 0.3) is 0 Å². The third-order valence-corrected chi connectivity index (χ3v) is 2.63. The maximum atomic E-state index is 11.7. The first kappa shape index (κ1) is 18.8. The molecule has 0 radical (unpaired) electrons. The summed E-state index contributed by atoms with van der Waals surface area (Å²) in [7, 11) is 1.13. The highest BCUT2D eigenvalue weighted by Gasteiger charge is 2.24. The fourth-order valence-corrected chi connectivity index (χ4v) is 1.51. The molecule has 0 saturated carbocycles. The predicted octanol–water partition coefficient (Wildman–Crippen LogP) is 1.24. The molecule has 1 aromatic carbocycles. The van der Waals surface area contributed by atoms with Crippen LogP contribution in [0, 0.1) is 12.3 Å². The third-order valence-electron chi connectivity index (χ3n) is 2.63. The Hall–Kier alpha value is -3.21. The molecule has 24 heavy (non-hydrogen) atoms. The second kappa shape index (κ2) is 10.5. The molecule has 1 amide bonds. The Balaban J connectivity index is 2.46. The minimum Gasteiger partial charge on any atom is -0.467 e. The van der Waals surface area contributed by atoms with Crippen molar-refractivity contribution >= 4 is 18.2 Å². The van der Waals surface area contributed by atoms with Crippen molar-refractivity contribution in [2.24, 2.45) is 0 Å². The van der Waals surface area contributed by atoms with Crippen LogP contribution in [-0.4, -0.2) is 44.6 Å². The Morgan fingerprint density at radius 3 is 2.50 bits per heavy atom. The fraction of sp³-hybridized carbons (Fsp3) is 0.312. The summed E-state index contributed by atoms with van der Waals surface area (Å²) in [5, 5.41) is 2.24. The quantitative estimate of drug-likeness (QED) is 0.454. The van der Waals surface area contributed by atoms with Gasteiger partial charge in [0.25, 0.3) is 0 Å². The highest BCUT2D eigenvalue weighted by atomic mass is 16.7. The maximum absolute atomic E-state index is 11.7. The van der Waals surface area contributed by atoms with Gasteiger partial charge in [0.2, 0.25) is 0 Å². The van der Waals surface area contributed by atoms with E-state index in [1.54, 1.807) is 24.3 Å². The Morgan fingerprint density at radius 2 is 1.88 bits per heavy atom. The number of esters is 1. The minimum absolute atomic E-state index is 0.0195. The number of hydrogen-bond acceptors (Lipinski definition) is 7. The second-order valence-electron chi connectivity index (χ2n) is 4.34. The third kappa shape index (κ3) is 7.17. The first-order chi connectivity index (χ1) is 11.6. The maximum Gasteiger partial charge on any atom is 0.509 e. The zero-order valence-corrected chi connectivity index (χ0v) is 13.0. The van der Waals surface area contributed by atoms with Gasteiger partial charge in [-0.2, -0.15) is 0 Å². The van der Waals surface area contributed by atoms with Gasteiger partial charge in [-0.05, 0) is 5.56 Å². The van der Waals surface area contributed by atoms with Crippen LogP contribution < -0.4 is 5.32 Å². The summed E-state index contributed by atoms with van der Waals surface area (Å²) in [5.41, 5.74) is 0.774. The molecule has 0 heterocycles. The summed E-state index contributed by atoms with van der Waals surface area (Å²) in [4.78, 5) is 34.5. The van der Waals surface area contributed by atoms with Gasteiger partial charge in [-0.15, -0.1) is 6.42 Å². The van der Waals surface area contributed by atoms with E-state index in [9.17, 15) is 14.4 Å². The summed E-state index contributed by atoms with van der Waals surface area (Å²) in [6, 6.07) is 7.72. The van der Waals surface area contributed by atoms with Crippen LogP contribution in [0.5, 0.6) is 0 Å². The monoisotopic (exact) mass is 335 g/mol. The molecule has 0 aliphatic heterocycles. The van der Waals surface area contributed by atoms with E-state index in [0.717, 1.165) is 12.7 Å². The molecule has 0 fully saturated rings. The van der Waals surface area contributed by atoms with E-state index >= 15 is 0 Å². The summed E-state index contributed by atoms with van der Waals surface area (Å²) < 4.78 is 18.6. The fourth-order valence-electron chi connectivity index (χ4n) is 1.51. The number of ether oxygens (including phenoxy) is 4. The summed E-state index contributed by atoms with van der Waals surface area (Å²) in [6.45, 7) is -0.740. The summed E-state index contributed by atoms with van der Waals surface area (Å²) in [5.74, 6) is 1.27. The Kier molecular flexibility index (Phi) is 8.25. The van der Waals surface area contributed by atoms with Crippen molar-refractivity contribution in [3.8, 4) is 12.3 Å². The summed E-state index contributed by atoms with van der Waals surface area (Å²) in [6.07, 6.45) is 2.99. The average molecular weight is 335 g/mol. The van der Waals surface area contributed by atoms with Gasteiger partial charge >= 0.3 is 18.2 Å². The van der Waals surface area contributed by atoms with E-state index in [0.29, 0.717) is 0 Å². The molecule has 0 bridgehead atoms. The standard InChI is InChI=1S/C16H17NO7/c1-3-9-22-16(20)24-11-13(14(18)21-2)17-15(19)23-10-12-7-5-4-6-8-12/h1,4-8,13H,9-11H2,2H3,(H,17,19)/t13-/m0/s1. The lowest BCUT2D eigenvalue weighted by Gasteiger charge is -2.16. The number of benzene rings is 1. The van der Waals surface area contributed by atoms with Crippen molar-refractivity contribution in [1.29, 1.82) is 0 Å². The number of alkyl carbamates (subject to hydrolysis) is 1. The molecule has 0 aromatic heterocycles. The van der Waals surface area contributed by atoms with Gasteiger partial charge in [0.1, 0.15) is 13.2 Å². The minimum atomic E-state index is -1.24. The van der Waals surface area contributed by atoms with Crippen molar-refractivity contribution in [2.45, 2.75) is 12.6 Å². The van der Waals surface area contributed by atoms with Crippen LogP contribution in [-0.2, 0) is 30.3 Å². The van der Waals surface area contributed by atoms with Crippen LogP contribution in [0.3, 0.4) is 0 Å². The van der Waals surface area contributed by atoms with Crippen molar-refractivity contribution in [3.05, 3.63) is 35.9 Å². The molecule has 1 rings (SSSR count). The van der Waals surface area contributed by atoms with E-state index in [1.807, 2.05) is 6.07 Å². The number of nitrogens with one attached hydrogen (secondary N) is 1. The van der Waals surface area contributed by atoms with Crippen LogP contribution in [0.4, 0.5) is 9.59 Å².